The molecule has 0 heterocycles. The molecule has 1 aliphatic carbocycles. The molecule has 0 saturated heterocycles. The molecule has 1 atom stereocenters. The molecule has 3 rings (SSSR count). The van der Waals surface area contributed by atoms with Gasteiger partial charge >= 0.3 is 0 Å². The van der Waals surface area contributed by atoms with Crippen LogP contribution in [0.25, 0.3) is 0 Å². The predicted octanol–water partition coefficient (Wildman–Crippen LogP) is 5.17. The predicted molar refractivity (Wildman–Crippen MR) is 99.4 cm³/mol. The minimum atomic E-state index is -0.440. The third-order valence-corrected chi connectivity index (χ3v) is 5.12. The zero-order chi connectivity index (χ0) is 17.8. The molecule has 0 bridgehead atoms. The summed E-state index contributed by atoms with van der Waals surface area (Å²) in [5.74, 6) is -0.615. The summed E-state index contributed by atoms with van der Waals surface area (Å²) in [6.07, 6.45) is 5.57. The second-order valence-electron chi connectivity index (χ2n) is 6.68. The van der Waals surface area contributed by atoms with Gasteiger partial charge in [-0.05, 0) is 66.5 Å². The first-order chi connectivity index (χ1) is 12.1. The number of carbonyl (C=O) groups is 1. The lowest BCUT2D eigenvalue weighted by atomic mass is 9.88. The van der Waals surface area contributed by atoms with E-state index in [1.54, 1.807) is 12.1 Å². The Hall–Kier alpha value is -1.87. The van der Waals surface area contributed by atoms with Crippen molar-refractivity contribution < 1.29 is 9.18 Å². The van der Waals surface area contributed by atoms with Gasteiger partial charge in [0, 0.05) is 5.02 Å². The summed E-state index contributed by atoms with van der Waals surface area (Å²) >= 11 is 5.76. The first-order valence-electron chi connectivity index (χ1n) is 8.92. The van der Waals surface area contributed by atoms with E-state index in [4.69, 9.17) is 11.6 Å². The second kappa shape index (κ2) is 8.01. The van der Waals surface area contributed by atoms with Gasteiger partial charge in [0.15, 0.2) is 0 Å². The molecule has 0 fully saturated rings. The smallest absolute Gasteiger partial charge is 0.225 e. The highest BCUT2D eigenvalue weighted by atomic mass is 35.5. The molecule has 132 valence electrons. The Labute approximate surface area is 153 Å². The first-order valence-corrected chi connectivity index (χ1v) is 9.29. The molecular formula is C21H23ClFNO. The van der Waals surface area contributed by atoms with Crippen LogP contribution < -0.4 is 5.32 Å². The number of carbonyl (C=O) groups excluding carboxylic acids is 1. The molecule has 0 unspecified atom stereocenters. The number of hydrogen-bond acceptors (Lipinski definition) is 1. The minimum absolute atomic E-state index is 0.0183. The molecule has 25 heavy (non-hydrogen) atoms. The molecule has 2 nitrogen and oxygen atoms in total. The van der Waals surface area contributed by atoms with Crippen molar-refractivity contribution in [2.45, 2.75) is 51.5 Å². The van der Waals surface area contributed by atoms with E-state index in [1.165, 1.54) is 30.0 Å². The zero-order valence-electron chi connectivity index (χ0n) is 14.4. The van der Waals surface area contributed by atoms with Gasteiger partial charge in [-0.25, -0.2) is 4.39 Å². The Morgan fingerprint density at radius 2 is 1.92 bits per heavy atom. The van der Waals surface area contributed by atoms with Gasteiger partial charge < -0.3 is 5.32 Å². The maximum atomic E-state index is 13.9. The van der Waals surface area contributed by atoms with Gasteiger partial charge in [0.05, 0.1) is 12.5 Å². The molecule has 0 radical (unpaired) electrons. The fourth-order valence-corrected chi connectivity index (χ4v) is 3.63. The highest BCUT2D eigenvalue weighted by Crippen LogP contribution is 2.26. The van der Waals surface area contributed by atoms with E-state index >= 15 is 0 Å². The highest BCUT2D eigenvalue weighted by Gasteiger charge is 2.17. The average Bonchev–Trinajstić information content (AvgIpc) is 2.61. The van der Waals surface area contributed by atoms with E-state index in [9.17, 15) is 9.18 Å². The van der Waals surface area contributed by atoms with E-state index in [0.29, 0.717) is 10.6 Å². The van der Waals surface area contributed by atoms with Crippen molar-refractivity contribution in [1.29, 1.82) is 0 Å². The summed E-state index contributed by atoms with van der Waals surface area (Å²) in [4.78, 5) is 12.4. The Morgan fingerprint density at radius 1 is 1.16 bits per heavy atom. The summed E-state index contributed by atoms with van der Waals surface area (Å²) in [6.45, 7) is 2.05. The van der Waals surface area contributed by atoms with Crippen LogP contribution in [0, 0.1) is 5.82 Å². The van der Waals surface area contributed by atoms with Crippen LogP contribution in [0.5, 0.6) is 0 Å². The van der Waals surface area contributed by atoms with Gasteiger partial charge in [-0.3, -0.25) is 4.79 Å². The first kappa shape index (κ1) is 17.9. The quantitative estimate of drug-likeness (QED) is 0.784. The normalized spacial score (nSPS) is 14.7. The lowest BCUT2D eigenvalue weighted by Crippen LogP contribution is -2.30. The van der Waals surface area contributed by atoms with Crippen molar-refractivity contribution >= 4 is 17.5 Å². The van der Waals surface area contributed by atoms with E-state index in [1.807, 2.05) is 6.92 Å². The van der Waals surface area contributed by atoms with Crippen molar-refractivity contribution in [2.75, 3.05) is 0 Å². The molecule has 4 heteroatoms. The monoisotopic (exact) mass is 359 g/mol. The molecule has 0 saturated carbocycles. The molecular weight excluding hydrogens is 337 g/mol. The number of aryl methyl sites for hydroxylation is 2. The van der Waals surface area contributed by atoms with Crippen LogP contribution >= 0.6 is 11.6 Å². The maximum Gasteiger partial charge on any atom is 0.225 e. The third-order valence-electron chi connectivity index (χ3n) is 4.88. The third kappa shape index (κ3) is 4.40. The Bertz CT molecular complexity index is 774. The van der Waals surface area contributed by atoms with Crippen molar-refractivity contribution in [3.63, 3.8) is 0 Å². The van der Waals surface area contributed by atoms with Crippen LogP contribution in [0.4, 0.5) is 4.39 Å². The van der Waals surface area contributed by atoms with Gasteiger partial charge in [0.25, 0.3) is 0 Å². The van der Waals surface area contributed by atoms with Crippen LogP contribution in [0.1, 0.15) is 54.5 Å². The number of nitrogens with one attached hydrogen (secondary N) is 1. The average molecular weight is 360 g/mol. The number of amides is 1. The van der Waals surface area contributed by atoms with Gasteiger partial charge in [0.1, 0.15) is 5.82 Å². The largest absolute Gasteiger partial charge is 0.349 e. The van der Waals surface area contributed by atoms with Gasteiger partial charge in [-0.15, -0.1) is 0 Å². The lowest BCUT2D eigenvalue weighted by Gasteiger charge is -2.22. The number of benzene rings is 2. The molecule has 1 N–H and O–H groups in total. The van der Waals surface area contributed by atoms with Crippen LogP contribution in [0.3, 0.4) is 0 Å². The SMILES string of the molecule is CC[C@@H](NC(=O)Cc1ccc(Cl)cc1F)c1ccc2c(c1)CCCC2. The van der Waals surface area contributed by atoms with Crippen LogP contribution in [0.2, 0.25) is 5.02 Å². The van der Waals surface area contributed by atoms with Gasteiger partial charge in [0.2, 0.25) is 5.91 Å². The molecule has 0 spiro atoms. The molecule has 0 aliphatic heterocycles. The zero-order valence-corrected chi connectivity index (χ0v) is 15.2. The van der Waals surface area contributed by atoms with Gasteiger partial charge in [-0.2, -0.15) is 0 Å². The molecule has 0 aromatic heterocycles. The fourth-order valence-electron chi connectivity index (χ4n) is 3.47. The maximum absolute atomic E-state index is 13.9. The molecule has 1 aliphatic rings. The highest BCUT2D eigenvalue weighted by molar-refractivity contribution is 6.30. The Balaban J connectivity index is 1.70. The number of fused-ring (bicyclic) bond motifs is 1. The van der Waals surface area contributed by atoms with E-state index in [2.05, 4.69) is 23.5 Å². The van der Waals surface area contributed by atoms with Crippen molar-refractivity contribution in [3.05, 3.63) is 69.5 Å². The van der Waals surface area contributed by atoms with Crippen molar-refractivity contribution in [1.82, 2.24) is 5.32 Å². The van der Waals surface area contributed by atoms with Crippen LogP contribution in [-0.4, -0.2) is 5.91 Å². The molecule has 2 aromatic rings. The van der Waals surface area contributed by atoms with Crippen LogP contribution in [-0.2, 0) is 24.1 Å². The van der Waals surface area contributed by atoms with E-state index < -0.39 is 5.82 Å². The number of halogens is 2. The Kier molecular flexibility index (Phi) is 5.74. The van der Waals surface area contributed by atoms with E-state index in [0.717, 1.165) is 24.8 Å². The lowest BCUT2D eigenvalue weighted by molar-refractivity contribution is -0.121. The summed E-state index contributed by atoms with van der Waals surface area (Å²) in [7, 11) is 0. The molecule has 2 aromatic carbocycles. The van der Waals surface area contributed by atoms with Crippen molar-refractivity contribution in [3.8, 4) is 0 Å². The minimum Gasteiger partial charge on any atom is -0.349 e. The topological polar surface area (TPSA) is 29.1 Å². The number of hydrogen-bond donors (Lipinski definition) is 1. The van der Waals surface area contributed by atoms with E-state index in [-0.39, 0.29) is 18.4 Å². The van der Waals surface area contributed by atoms with Gasteiger partial charge in [-0.1, -0.05) is 42.8 Å². The summed E-state index contributed by atoms with van der Waals surface area (Å²) in [6, 6.07) is 10.9. The summed E-state index contributed by atoms with van der Waals surface area (Å²) in [5.41, 5.74) is 4.33. The fraction of sp³-hybridized carbons (Fsp3) is 0.381. The second-order valence-corrected chi connectivity index (χ2v) is 7.11. The van der Waals surface area contributed by atoms with Crippen LogP contribution in [0.15, 0.2) is 36.4 Å². The van der Waals surface area contributed by atoms with Crippen molar-refractivity contribution in [2.24, 2.45) is 0 Å². The standard InChI is InChI=1S/C21H23ClFNO/c1-2-20(17-8-7-14-5-3-4-6-15(14)11-17)24-21(25)12-16-9-10-18(22)13-19(16)23/h7-11,13,20H,2-6,12H2,1H3,(H,24,25)/t20-/m1/s1. The Morgan fingerprint density at radius 3 is 2.64 bits per heavy atom. The number of rotatable bonds is 5. The summed E-state index contributed by atoms with van der Waals surface area (Å²) in [5, 5.41) is 3.38. The summed E-state index contributed by atoms with van der Waals surface area (Å²) < 4.78 is 13.9. The molecule has 1 amide bonds.